The van der Waals surface area contributed by atoms with E-state index in [1.54, 1.807) is 0 Å². The minimum absolute atomic E-state index is 0.508. The van der Waals surface area contributed by atoms with Gasteiger partial charge < -0.3 is 5.11 Å². The fraction of sp³-hybridized carbons (Fsp3) is 0. The molecule has 2 aromatic rings. The Kier molecular flexibility index (Phi) is 3.51. The van der Waals surface area contributed by atoms with Gasteiger partial charge in [0.05, 0.1) is 5.69 Å². The number of aliphatic carboxylic acids is 1. The molecule has 0 aliphatic heterocycles. The van der Waals surface area contributed by atoms with Crippen LogP contribution in [0.3, 0.4) is 0 Å². The average molecular weight is 248 g/mol. The Morgan fingerprint density at radius 1 is 1.35 bits per heavy atom. The smallest absolute Gasteiger partial charge is 0.328 e. The van der Waals surface area contributed by atoms with Crippen LogP contribution in [-0.4, -0.2) is 31.3 Å². The van der Waals surface area contributed by atoms with Crippen LogP contribution in [0.25, 0.3) is 5.69 Å². The van der Waals surface area contributed by atoms with Crippen LogP contribution in [0.5, 0.6) is 0 Å². The first-order chi connectivity index (χ1) is 8.27. The number of nitrogens with zero attached hydrogens (tertiary/aromatic N) is 4. The molecule has 0 radical (unpaired) electrons. The lowest BCUT2D eigenvalue weighted by molar-refractivity contribution is -0.131. The zero-order valence-corrected chi connectivity index (χ0v) is 9.41. The number of hydrogen-bond donors (Lipinski definition) is 1. The van der Waals surface area contributed by atoms with E-state index in [0.29, 0.717) is 5.16 Å². The summed E-state index contributed by atoms with van der Waals surface area (Å²) >= 11 is 1.14. The Labute approximate surface area is 101 Å². The van der Waals surface area contributed by atoms with Crippen molar-refractivity contribution in [2.45, 2.75) is 5.16 Å². The molecular formula is C10H8N4O2S. The van der Waals surface area contributed by atoms with Gasteiger partial charge in [-0.1, -0.05) is 30.0 Å². The Hall–Kier alpha value is -2.15. The third-order valence-corrected chi connectivity index (χ3v) is 2.56. The zero-order chi connectivity index (χ0) is 12.1. The van der Waals surface area contributed by atoms with Gasteiger partial charge >= 0.3 is 5.97 Å². The first kappa shape index (κ1) is 11.3. The molecule has 1 heterocycles. The summed E-state index contributed by atoms with van der Waals surface area (Å²) in [5.41, 5.74) is 0.823. The number of hydrogen-bond acceptors (Lipinski definition) is 5. The molecule has 17 heavy (non-hydrogen) atoms. The van der Waals surface area contributed by atoms with E-state index in [0.717, 1.165) is 23.5 Å². The molecule has 1 aromatic heterocycles. The molecule has 0 unspecified atom stereocenters. The van der Waals surface area contributed by atoms with Gasteiger partial charge in [-0.3, -0.25) is 0 Å². The Bertz CT molecular complexity index is 538. The van der Waals surface area contributed by atoms with E-state index >= 15 is 0 Å². The highest BCUT2D eigenvalue weighted by Gasteiger charge is 2.06. The van der Waals surface area contributed by atoms with Crippen molar-refractivity contribution < 1.29 is 9.90 Å². The molecule has 7 heteroatoms. The number of tetrazole rings is 1. The summed E-state index contributed by atoms with van der Waals surface area (Å²) < 4.78 is 1.54. The van der Waals surface area contributed by atoms with Gasteiger partial charge in [-0.05, 0) is 28.0 Å². The fourth-order valence-electron chi connectivity index (χ4n) is 1.14. The monoisotopic (exact) mass is 248 g/mol. The zero-order valence-electron chi connectivity index (χ0n) is 8.59. The molecule has 0 aliphatic carbocycles. The van der Waals surface area contributed by atoms with Crippen LogP contribution >= 0.6 is 11.8 Å². The second-order valence-electron chi connectivity index (χ2n) is 2.97. The maximum atomic E-state index is 10.3. The van der Waals surface area contributed by atoms with Gasteiger partial charge in [0.25, 0.3) is 0 Å². The normalized spacial score (nSPS) is 10.8. The van der Waals surface area contributed by atoms with Crippen molar-refractivity contribution in [3.63, 3.8) is 0 Å². The van der Waals surface area contributed by atoms with E-state index in [-0.39, 0.29) is 0 Å². The van der Waals surface area contributed by atoms with Crippen LogP contribution < -0.4 is 0 Å². The molecule has 0 bridgehead atoms. The maximum Gasteiger partial charge on any atom is 0.328 e. The van der Waals surface area contributed by atoms with Gasteiger partial charge in [-0.2, -0.15) is 4.68 Å². The van der Waals surface area contributed by atoms with Crippen molar-refractivity contribution >= 4 is 17.7 Å². The van der Waals surface area contributed by atoms with Crippen LogP contribution in [-0.2, 0) is 4.79 Å². The third kappa shape index (κ3) is 2.91. The van der Waals surface area contributed by atoms with Crippen molar-refractivity contribution in [3.05, 3.63) is 41.8 Å². The standard InChI is InChI=1S/C10H8N4O2S/c15-9(16)6-7-17-10-11-12-13-14(10)8-4-2-1-3-5-8/h1-7H,(H,15,16). The predicted molar refractivity (Wildman–Crippen MR) is 61.8 cm³/mol. The van der Waals surface area contributed by atoms with E-state index in [9.17, 15) is 4.79 Å². The van der Waals surface area contributed by atoms with Crippen LogP contribution in [0.1, 0.15) is 0 Å². The number of carbonyl (C=O) groups is 1. The number of para-hydroxylation sites is 1. The molecule has 0 saturated carbocycles. The molecule has 0 saturated heterocycles. The summed E-state index contributed by atoms with van der Waals surface area (Å²) in [4.78, 5) is 10.3. The second-order valence-corrected chi connectivity index (χ2v) is 3.84. The Balaban J connectivity index is 2.21. The molecule has 6 nitrogen and oxygen atoms in total. The average Bonchev–Trinajstić information content (AvgIpc) is 2.78. The Morgan fingerprint density at radius 2 is 2.12 bits per heavy atom. The van der Waals surface area contributed by atoms with Gasteiger partial charge in [0.2, 0.25) is 5.16 Å². The SMILES string of the molecule is O=C(O)C=CSc1nnnn1-c1ccccc1. The molecule has 0 spiro atoms. The lowest BCUT2D eigenvalue weighted by atomic mass is 10.3. The number of thioether (sulfide) groups is 1. The molecule has 0 fully saturated rings. The van der Waals surface area contributed by atoms with Crippen LogP contribution in [0.2, 0.25) is 0 Å². The van der Waals surface area contributed by atoms with Gasteiger partial charge in [-0.15, -0.1) is 5.10 Å². The van der Waals surface area contributed by atoms with Crippen LogP contribution in [0.4, 0.5) is 0 Å². The molecule has 1 N–H and O–H groups in total. The highest BCUT2D eigenvalue weighted by atomic mass is 32.2. The summed E-state index contributed by atoms with van der Waals surface area (Å²) in [6, 6.07) is 9.37. The molecule has 86 valence electrons. The molecule has 0 atom stereocenters. The predicted octanol–water partition coefficient (Wildman–Crippen LogP) is 1.35. The van der Waals surface area contributed by atoms with Crippen LogP contribution in [0, 0.1) is 0 Å². The summed E-state index contributed by atoms with van der Waals surface area (Å²) in [5.74, 6) is -1.00. The van der Waals surface area contributed by atoms with E-state index in [2.05, 4.69) is 15.5 Å². The summed E-state index contributed by atoms with van der Waals surface area (Å²) in [6.45, 7) is 0. The molecule has 1 aromatic carbocycles. The van der Waals surface area contributed by atoms with Crippen LogP contribution in [0.15, 0.2) is 47.0 Å². The summed E-state index contributed by atoms with van der Waals surface area (Å²) in [6.07, 6.45) is 1.04. The fourth-order valence-corrected chi connectivity index (χ4v) is 1.77. The first-order valence-corrected chi connectivity index (χ1v) is 5.55. The molecule has 2 rings (SSSR count). The van der Waals surface area contributed by atoms with Gasteiger partial charge in [0.15, 0.2) is 0 Å². The van der Waals surface area contributed by atoms with Gasteiger partial charge in [0.1, 0.15) is 0 Å². The van der Waals surface area contributed by atoms with Crippen molar-refractivity contribution in [1.82, 2.24) is 20.2 Å². The lowest BCUT2D eigenvalue weighted by Gasteiger charge is -2.00. The lowest BCUT2D eigenvalue weighted by Crippen LogP contribution is -1.97. The quantitative estimate of drug-likeness (QED) is 0.649. The second kappa shape index (κ2) is 5.26. The van der Waals surface area contributed by atoms with Crippen molar-refractivity contribution in [2.24, 2.45) is 0 Å². The highest BCUT2D eigenvalue weighted by Crippen LogP contribution is 2.18. The molecule has 0 amide bonds. The number of rotatable bonds is 4. The van der Waals surface area contributed by atoms with E-state index in [1.807, 2.05) is 30.3 Å². The van der Waals surface area contributed by atoms with Crippen molar-refractivity contribution in [3.8, 4) is 5.69 Å². The highest BCUT2D eigenvalue weighted by molar-refractivity contribution is 8.02. The van der Waals surface area contributed by atoms with Crippen molar-refractivity contribution in [1.29, 1.82) is 0 Å². The van der Waals surface area contributed by atoms with E-state index in [4.69, 9.17) is 5.11 Å². The minimum Gasteiger partial charge on any atom is -0.478 e. The van der Waals surface area contributed by atoms with Crippen molar-refractivity contribution in [2.75, 3.05) is 0 Å². The number of carboxylic acids is 1. The minimum atomic E-state index is -1.00. The largest absolute Gasteiger partial charge is 0.478 e. The van der Waals surface area contributed by atoms with Gasteiger partial charge in [-0.25, -0.2) is 4.79 Å². The third-order valence-electron chi connectivity index (χ3n) is 1.83. The molecular weight excluding hydrogens is 240 g/mol. The van der Waals surface area contributed by atoms with E-state index < -0.39 is 5.97 Å². The maximum absolute atomic E-state index is 10.3. The topological polar surface area (TPSA) is 80.9 Å². The number of carboxylic acid groups (broad SMARTS) is 1. The first-order valence-electron chi connectivity index (χ1n) is 4.67. The number of aromatic nitrogens is 4. The molecule has 0 aliphatic rings. The summed E-state index contributed by atoms with van der Waals surface area (Å²) in [7, 11) is 0. The van der Waals surface area contributed by atoms with E-state index in [1.165, 1.54) is 10.1 Å². The van der Waals surface area contributed by atoms with Gasteiger partial charge in [0, 0.05) is 6.08 Å². The summed E-state index contributed by atoms with van der Waals surface area (Å²) in [5, 5.41) is 21.6. The Morgan fingerprint density at radius 3 is 2.82 bits per heavy atom. The number of benzene rings is 1.